The molecule has 0 radical (unpaired) electrons. The molecule has 0 spiro atoms. The van der Waals surface area contributed by atoms with Gasteiger partial charge in [0.2, 0.25) is 53.2 Å². The number of carboxylic acid groups (broad SMARTS) is 2. The fourth-order valence-corrected chi connectivity index (χ4v) is 8.56. The van der Waals surface area contributed by atoms with Gasteiger partial charge in [0.1, 0.15) is 54.1 Å². The summed E-state index contributed by atoms with van der Waals surface area (Å²) in [6.45, 7) is 1.58. The molecule has 1 saturated heterocycles. The van der Waals surface area contributed by atoms with Gasteiger partial charge >= 0.3 is 11.9 Å². The Morgan fingerprint density at radius 3 is 1.71 bits per heavy atom. The maximum atomic E-state index is 14.2. The monoisotopic (exact) mass is 1150 g/mol. The largest absolute Gasteiger partial charge is 0.508 e. The minimum absolute atomic E-state index is 0.0575. The number of unbranched alkanes of at least 4 members (excludes halogenated alkanes) is 1. The summed E-state index contributed by atoms with van der Waals surface area (Å²) in [7, 11) is 0. The van der Waals surface area contributed by atoms with Crippen LogP contribution in [0.4, 0.5) is 0 Å². The highest BCUT2D eigenvalue weighted by atomic mass is 32.2. The van der Waals surface area contributed by atoms with E-state index in [-0.39, 0.29) is 95.2 Å². The zero-order valence-electron chi connectivity index (χ0n) is 44.9. The second-order valence-electron chi connectivity index (χ2n) is 18.8. The normalized spacial score (nSPS) is 15.8. The predicted octanol–water partition coefficient (Wildman–Crippen LogP) is -5.91. The number of aromatic hydroxyl groups is 1. The number of amides is 9. The summed E-state index contributed by atoms with van der Waals surface area (Å²) in [5.74, 6) is -11.6. The molecular weight excluding hydrogens is 1070 g/mol. The van der Waals surface area contributed by atoms with Gasteiger partial charge < -0.3 is 97.6 Å². The third-order valence-electron chi connectivity index (χ3n) is 12.3. The maximum absolute atomic E-state index is 14.2. The van der Waals surface area contributed by atoms with Crippen LogP contribution < -0.4 is 77.4 Å². The van der Waals surface area contributed by atoms with Gasteiger partial charge in [-0.05, 0) is 107 Å². The molecule has 446 valence electrons. The molecule has 0 aromatic heterocycles. The molecule has 1 aliphatic rings. The number of primary amides is 1. The highest BCUT2D eigenvalue weighted by Crippen LogP contribution is 2.21. The number of carboxylic acids is 2. The summed E-state index contributed by atoms with van der Waals surface area (Å²) in [6.07, 6.45) is 1.39. The second-order valence-corrected chi connectivity index (χ2v) is 19.8. The quantitative estimate of drug-likeness (QED) is 0.0168. The third-order valence-corrected chi connectivity index (χ3v) is 13.0. The van der Waals surface area contributed by atoms with Crippen LogP contribution in [0.3, 0.4) is 0 Å². The number of thioether (sulfide) groups is 1. The van der Waals surface area contributed by atoms with Crippen LogP contribution in [-0.2, 0) is 59.2 Å². The number of guanidine groups is 2. The van der Waals surface area contributed by atoms with Gasteiger partial charge in [0.15, 0.2) is 11.9 Å². The van der Waals surface area contributed by atoms with Crippen molar-refractivity contribution in [3.8, 4) is 5.75 Å². The average molecular weight is 1150 g/mol. The molecule has 31 nitrogen and oxygen atoms in total. The molecule has 32 heteroatoms. The van der Waals surface area contributed by atoms with Crippen molar-refractivity contribution >= 4 is 88.8 Å². The number of aliphatic imine (C=N–C) groups is 2. The number of nitrogens with one attached hydrogen (secondary N) is 7. The number of carbonyl (C=O) groups is 11. The lowest BCUT2D eigenvalue weighted by molar-refractivity contribution is -0.143. The molecule has 0 saturated carbocycles. The van der Waals surface area contributed by atoms with E-state index in [0.717, 1.165) is 6.92 Å². The number of hydrogen-bond donors (Lipinski definition) is 17. The number of carbonyl (C=O) groups excluding carboxylic acids is 9. The molecule has 2 rings (SSSR count). The Morgan fingerprint density at radius 1 is 0.637 bits per heavy atom. The van der Waals surface area contributed by atoms with Gasteiger partial charge in [-0.15, -0.1) is 0 Å². The summed E-state index contributed by atoms with van der Waals surface area (Å²) in [5.41, 5.74) is 39.0. The van der Waals surface area contributed by atoms with Gasteiger partial charge in [-0.2, -0.15) is 11.8 Å². The van der Waals surface area contributed by atoms with E-state index in [9.17, 15) is 68.1 Å². The number of phenolic OH excluding ortho intramolecular Hbond substituents is 1. The molecule has 0 unspecified atom stereocenters. The van der Waals surface area contributed by atoms with Crippen molar-refractivity contribution in [2.75, 3.05) is 38.2 Å². The summed E-state index contributed by atoms with van der Waals surface area (Å²) < 4.78 is 0. The van der Waals surface area contributed by atoms with Gasteiger partial charge in [0.05, 0.1) is 18.9 Å². The molecule has 9 amide bonds. The summed E-state index contributed by atoms with van der Waals surface area (Å²) in [4.78, 5) is 156. The SMILES string of the molecule is CSCC[C@H](N)C(=O)N[C@@H](CCCN=C(N)N)C(=O)N1CCC[C@H]1C(=O)N[C@@H](Cc1ccc(O)cc1)C(=O)N[C@@H](CC(=O)O)C(=O)N[C@@H](C)C(=O)N[C@@H](CC(N)=O)C(=O)N[C@@H](CCCCN)C(=O)N[C@@H](CCCN=C(N)N)C(=O)O. The maximum Gasteiger partial charge on any atom is 0.326 e. The van der Waals surface area contributed by atoms with E-state index in [2.05, 4.69) is 47.2 Å². The number of rotatable bonds is 37. The van der Waals surface area contributed by atoms with Crippen molar-refractivity contribution in [3.63, 3.8) is 0 Å². The molecule has 24 N–H and O–H groups in total. The lowest BCUT2D eigenvalue weighted by Crippen LogP contribution is -2.60. The topological polar surface area (TPSA) is 543 Å². The Balaban J connectivity index is 2.37. The Labute approximate surface area is 466 Å². The molecule has 1 aromatic carbocycles. The van der Waals surface area contributed by atoms with E-state index in [4.69, 9.17) is 40.1 Å². The molecule has 1 aromatic rings. The molecule has 0 bridgehead atoms. The molecule has 9 atom stereocenters. The van der Waals surface area contributed by atoms with E-state index in [1.54, 1.807) is 0 Å². The van der Waals surface area contributed by atoms with E-state index in [1.165, 1.54) is 40.9 Å². The van der Waals surface area contributed by atoms with Crippen molar-refractivity contribution in [2.45, 2.75) is 145 Å². The Kier molecular flexibility index (Phi) is 30.2. The number of nitrogens with zero attached hydrogens (tertiary/aromatic N) is 3. The number of phenols is 1. The van der Waals surface area contributed by atoms with E-state index in [1.807, 2.05) is 6.26 Å². The van der Waals surface area contributed by atoms with E-state index in [0.29, 0.717) is 30.6 Å². The standard InChI is InChI=1S/C48H79N17O14S/c1-25(38(70)62-33(23-36(51)67)43(75)59-29(8-3-4-17-49)40(72)61-31(46(78)79)10-6-19-57-48(54)55)58-41(73)34(24-37(68)69)63-42(74)32(22-26-12-14-27(66)15-13-26)64-44(76)35-11-7-20-65(35)45(77)30(9-5-18-56-47(52)53)60-39(71)28(50)16-21-80-2/h12-15,25,28-35,66H,3-11,16-24,49-50H2,1-2H3,(H2,51,67)(H,58,73)(H,59,75)(H,60,71)(H,61,72)(H,62,70)(H,63,74)(H,64,76)(H,68,69)(H,78,79)(H4,52,53,56)(H4,54,55,57)/t25-,28-,29-,30-,31-,32-,33-,34-,35-/m0/s1. The van der Waals surface area contributed by atoms with Crippen LogP contribution >= 0.6 is 11.8 Å². The fraction of sp³-hybridized carbons (Fsp3) is 0.604. The smallest absolute Gasteiger partial charge is 0.326 e. The van der Waals surface area contributed by atoms with Gasteiger partial charge in [-0.1, -0.05) is 12.1 Å². The minimum Gasteiger partial charge on any atom is -0.508 e. The first kappa shape index (κ1) is 68.1. The van der Waals surface area contributed by atoms with Crippen LogP contribution in [0.1, 0.15) is 89.5 Å². The Hall–Kier alpha value is -8.00. The van der Waals surface area contributed by atoms with Crippen molar-refractivity contribution in [3.05, 3.63) is 29.8 Å². The number of aliphatic carboxylic acids is 2. The summed E-state index contributed by atoms with van der Waals surface area (Å²) in [6, 6.07) is -7.54. The number of nitrogens with two attached hydrogens (primary N) is 7. The zero-order chi connectivity index (χ0) is 60.1. The first-order chi connectivity index (χ1) is 37.8. The molecule has 1 heterocycles. The second kappa shape index (κ2) is 35.5. The van der Waals surface area contributed by atoms with Gasteiger partial charge in [-0.25, -0.2) is 4.79 Å². The average Bonchev–Trinajstić information content (AvgIpc) is 3.89. The number of hydrogen-bond acceptors (Lipinski definition) is 17. The van der Waals surface area contributed by atoms with Crippen LogP contribution in [-0.4, -0.2) is 190 Å². The van der Waals surface area contributed by atoms with Gasteiger partial charge in [0, 0.05) is 26.1 Å². The molecule has 80 heavy (non-hydrogen) atoms. The molecular formula is C48H79N17O14S. The molecule has 0 aliphatic carbocycles. The van der Waals surface area contributed by atoms with Crippen molar-refractivity contribution in [2.24, 2.45) is 50.1 Å². The molecule has 1 aliphatic heterocycles. The first-order valence-corrected chi connectivity index (χ1v) is 27.2. The van der Waals surface area contributed by atoms with Crippen LogP contribution in [0.2, 0.25) is 0 Å². The zero-order valence-corrected chi connectivity index (χ0v) is 45.7. The Morgan fingerprint density at radius 2 is 1.15 bits per heavy atom. The molecule has 1 fully saturated rings. The highest BCUT2D eigenvalue weighted by Gasteiger charge is 2.40. The van der Waals surface area contributed by atoms with Crippen LogP contribution in [0.5, 0.6) is 5.75 Å². The van der Waals surface area contributed by atoms with Crippen molar-refractivity contribution in [1.82, 2.24) is 42.1 Å². The predicted molar refractivity (Wildman–Crippen MR) is 293 cm³/mol. The van der Waals surface area contributed by atoms with Gasteiger partial charge in [0.25, 0.3) is 0 Å². The van der Waals surface area contributed by atoms with E-state index < -0.39 is 132 Å². The van der Waals surface area contributed by atoms with Crippen molar-refractivity contribution < 1.29 is 68.1 Å². The summed E-state index contributed by atoms with van der Waals surface area (Å²) in [5, 5.41) is 46.4. The lowest BCUT2D eigenvalue weighted by atomic mass is 10.0. The van der Waals surface area contributed by atoms with Crippen LogP contribution in [0.15, 0.2) is 34.3 Å². The first-order valence-electron chi connectivity index (χ1n) is 25.8. The minimum atomic E-state index is -1.93. The third kappa shape index (κ3) is 25.2. The van der Waals surface area contributed by atoms with Crippen LogP contribution in [0.25, 0.3) is 0 Å². The van der Waals surface area contributed by atoms with Gasteiger partial charge in [-0.3, -0.25) is 57.9 Å². The summed E-state index contributed by atoms with van der Waals surface area (Å²) >= 11 is 1.48. The number of benzene rings is 1. The fourth-order valence-electron chi connectivity index (χ4n) is 8.07. The lowest BCUT2D eigenvalue weighted by Gasteiger charge is -2.30. The van der Waals surface area contributed by atoms with Crippen molar-refractivity contribution in [1.29, 1.82) is 0 Å². The highest BCUT2D eigenvalue weighted by molar-refractivity contribution is 7.98. The van der Waals surface area contributed by atoms with Crippen LogP contribution in [0, 0.1) is 0 Å². The Bertz CT molecular complexity index is 2360. The number of likely N-dealkylation sites (tertiary alicyclic amines) is 1. The van der Waals surface area contributed by atoms with E-state index >= 15 is 0 Å².